The normalized spacial score (nSPS) is 18.9. The molecule has 1 heterocycles. The third-order valence-corrected chi connectivity index (χ3v) is 3.56. The summed E-state index contributed by atoms with van der Waals surface area (Å²) in [7, 11) is 0. The van der Waals surface area contributed by atoms with Crippen molar-refractivity contribution in [3.05, 3.63) is 33.9 Å². The first kappa shape index (κ1) is 14.3. The number of hydrogen-bond acceptors (Lipinski definition) is 5. The summed E-state index contributed by atoms with van der Waals surface area (Å²) in [6.07, 6.45) is -0.573. The van der Waals surface area contributed by atoms with Gasteiger partial charge in [-0.3, -0.25) is 10.1 Å². The quantitative estimate of drug-likeness (QED) is 0.394. The molecule has 1 aliphatic rings. The number of benzene rings is 1. The van der Waals surface area contributed by atoms with Crippen molar-refractivity contribution in [2.45, 2.75) is 19.3 Å². The number of non-ortho nitro benzene ring substituents is 1. The van der Waals surface area contributed by atoms with Crippen LogP contribution in [-0.2, 0) is 0 Å². The Hall–Kier alpha value is -2.15. The molecule has 1 aromatic carbocycles. The summed E-state index contributed by atoms with van der Waals surface area (Å²) in [4.78, 5) is 23.3. The number of nitro groups is 1. The van der Waals surface area contributed by atoms with Crippen molar-refractivity contribution in [1.29, 1.82) is 0 Å². The Bertz CT molecular complexity index is 531. The zero-order valence-corrected chi connectivity index (χ0v) is 11.1. The largest absolute Gasteiger partial charge is 0.511 e. The van der Waals surface area contributed by atoms with Crippen molar-refractivity contribution in [2.75, 3.05) is 19.6 Å². The lowest BCUT2D eigenvalue weighted by molar-refractivity contribution is -0.385. The lowest BCUT2D eigenvalue weighted by Crippen LogP contribution is -2.19. The van der Waals surface area contributed by atoms with E-state index in [1.807, 2.05) is 6.92 Å². The number of carboxylic acid groups (broad SMARTS) is 1. The molecule has 0 bridgehead atoms. The zero-order valence-electron chi connectivity index (χ0n) is 11.1. The van der Waals surface area contributed by atoms with Gasteiger partial charge in [0.1, 0.15) is 5.75 Å². The van der Waals surface area contributed by atoms with Gasteiger partial charge in [0.25, 0.3) is 5.69 Å². The van der Waals surface area contributed by atoms with Crippen LogP contribution >= 0.6 is 0 Å². The van der Waals surface area contributed by atoms with Gasteiger partial charge in [-0.25, -0.2) is 4.79 Å². The Morgan fingerprint density at radius 1 is 1.60 bits per heavy atom. The second-order valence-corrected chi connectivity index (χ2v) is 4.73. The monoisotopic (exact) mass is 280 g/mol. The predicted octanol–water partition coefficient (Wildman–Crippen LogP) is 2.46. The number of likely N-dealkylation sites (N-methyl/N-ethyl adjacent to an activating group) is 1. The molecule has 20 heavy (non-hydrogen) atoms. The fraction of sp³-hybridized carbons (Fsp3) is 0.462. The minimum atomic E-state index is -1.41. The summed E-state index contributed by atoms with van der Waals surface area (Å²) in [5.41, 5.74) is 0.547. The number of likely N-dealkylation sites (tertiary alicyclic amines) is 1. The van der Waals surface area contributed by atoms with Gasteiger partial charge in [-0.05, 0) is 25.6 Å². The van der Waals surface area contributed by atoms with Crippen LogP contribution in [0.25, 0.3) is 0 Å². The number of nitro benzene ring substituents is 1. The summed E-state index contributed by atoms with van der Waals surface area (Å²) in [6, 6.07) is 4.03. The maximum absolute atomic E-state index is 10.9. The number of carbonyl (C=O) groups is 1. The van der Waals surface area contributed by atoms with Crippen LogP contribution in [0, 0.1) is 10.1 Å². The Kier molecular flexibility index (Phi) is 4.19. The average molecular weight is 280 g/mol. The third-order valence-electron chi connectivity index (χ3n) is 3.56. The second-order valence-electron chi connectivity index (χ2n) is 4.73. The molecular formula is C13H16N2O5. The Balaban J connectivity index is 2.33. The van der Waals surface area contributed by atoms with Crippen molar-refractivity contribution in [3.63, 3.8) is 0 Å². The molecular weight excluding hydrogens is 264 g/mol. The molecule has 7 nitrogen and oxygen atoms in total. The molecule has 7 heteroatoms. The predicted molar refractivity (Wildman–Crippen MR) is 71.2 cm³/mol. The highest BCUT2D eigenvalue weighted by Gasteiger charge is 2.27. The van der Waals surface area contributed by atoms with Crippen LogP contribution in [0.3, 0.4) is 0 Å². The smallest absolute Gasteiger partial charge is 0.449 e. The number of nitrogens with zero attached hydrogens (tertiary/aromatic N) is 2. The van der Waals surface area contributed by atoms with Crippen molar-refractivity contribution in [1.82, 2.24) is 4.90 Å². The van der Waals surface area contributed by atoms with Crippen LogP contribution in [0.15, 0.2) is 18.2 Å². The highest BCUT2D eigenvalue weighted by Crippen LogP contribution is 2.36. The molecule has 0 saturated carbocycles. The Morgan fingerprint density at radius 3 is 2.90 bits per heavy atom. The summed E-state index contributed by atoms with van der Waals surface area (Å²) < 4.78 is 4.74. The highest BCUT2D eigenvalue weighted by molar-refractivity contribution is 5.63. The molecule has 0 spiro atoms. The molecule has 0 amide bonds. The van der Waals surface area contributed by atoms with Gasteiger partial charge in [-0.1, -0.05) is 6.92 Å². The molecule has 0 aromatic heterocycles. The Labute approximate surface area is 115 Å². The van der Waals surface area contributed by atoms with Crippen LogP contribution in [-0.4, -0.2) is 40.7 Å². The first-order chi connectivity index (χ1) is 9.51. The van der Waals surface area contributed by atoms with Gasteiger partial charge in [0, 0.05) is 30.2 Å². The number of ether oxygens (including phenoxy) is 1. The number of hydrogen-bond donors (Lipinski definition) is 1. The van der Waals surface area contributed by atoms with Crippen LogP contribution in [0.2, 0.25) is 0 Å². The SMILES string of the molecule is CCN1CCC(c2cc([N+](=O)[O-])ccc2OC(=O)O)C1. The van der Waals surface area contributed by atoms with Crippen LogP contribution in [0.1, 0.15) is 24.8 Å². The van der Waals surface area contributed by atoms with Gasteiger partial charge >= 0.3 is 6.16 Å². The van der Waals surface area contributed by atoms with E-state index < -0.39 is 11.1 Å². The maximum atomic E-state index is 10.9. The van der Waals surface area contributed by atoms with E-state index in [0.717, 1.165) is 26.1 Å². The molecule has 1 saturated heterocycles. The first-order valence-electron chi connectivity index (χ1n) is 6.42. The van der Waals surface area contributed by atoms with Gasteiger partial charge < -0.3 is 14.7 Å². The third kappa shape index (κ3) is 3.05. The summed E-state index contributed by atoms with van der Waals surface area (Å²) in [5, 5.41) is 19.6. The van der Waals surface area contributed by atoms with E-state index in [0.29, 0.717) is 5.56 Å². The first-order valence-corrected chi connectivity index (χ1v) is 6.42. The second kappa shape index (κ2) is 5.87. The van der Waals surface area contributed by atoms with E-state index >= 15 is 0 Å². The fourth-order valence-electron chi connectivity index (χ4n) is 2.53. The van der Waals surface area contributed by atoms with Crippen molar-refractivity contribution < 1.29 is 19.6 Å². The van der Waals surface area contributed by atoms with Crippen LogP contribution in [0.5, 0.6) is 5.75 Å². The summed E-state index contributed by atoms with van der Waals surface area (Å²) in [5.74, 6) is 0.246. The van der Waals surface area contributed by atoms with Crippen molar-refractivity contribution >= 4 is 11.8 Å². The summed E-state index contributed by atoms with van der Waals surface area (Å²) >= 11 is 0. The zero-order chi connectivity index (χ0) is 14.7. The maximum Gasteiger partial charge on any atom is 0.511 e. The van der Waals surface area contributed by atoms with E-state index in [9.17, 15) is 14.9 Å². The van der Waals surface area contributed by atoms with Gasteiger partial charge in [-0.15, -0.1) is 0 Å². The van der Waals surface area contributed by atoms with E-state index in [2.05, 4.69) is 4.90 Å². The molecule has 0 radical (unpaired) electrons. The molecule has 1 N–H and O–H groups in total. The van der Waals surface area contributed by atoms with Gasteiger partial charge in [0.15, 0.2) is 0 Å². The fourth-order valence-corrected chi connectivity index (χ4v) is 2.53. The van der Waals surface area contributed by atoms with Crippen molar-refractivity contribution in [3.8, 4) is 5.75 Å². The van der Waals surface area contributed by atoms with Gasteiger partial charge in [0.2, 0.25) is 0 Å². The van der Waals surface area contributed by atoms with Crippen LogP contribution < -0.4 is 4.74 Å². The van der Waals surface area contributed by atoms with Crippen LogP contribution in [0.4, 0.5) is 10.5 Å². The van der Waals surface area contributed by atoms with E-state index in [-0.39, 0.29) is 17.4 Å². The average Bonchev–Trinajstić information content (AvgIpc) is 2.87. The molecule has 1 aromatic rings. The molecule has 1 unspecified atom stereocenters. The minimum absolute atomic E-state index is 0.0484. The lowest BCUT2D eigenvalue weighted by atomic mass is 9.97. The summed E-state index contributed by atoms with van der Waals surface area (Å²) in [6.45, 7) is 4.61. The molecule has 1 aliphatic heterocycles. The van der Waals surface area contributed by atoms with Gasteiger partial charge in [-0.2, -0.15) is 0 Å². The molecule has 0 aliphatic carbocycles. The molecule has 108 valence electrons. The molecule has 1 fully saturated rings. The van der Waals surface area contributed by atoms with E-state index in [4.69, 9.17) is 9.84 Å². The van der Waals surface area contributed by atoms with E-state index in [1.54, 1.807) is 0 Å². The molecule has 2 rings (SSSR count). The lowest BCUT2D eigenvalue weighted by Gasteiger charge is -2.15. The van der Waals surface area contributed by atoms with Gasteiger partial charge in [0.05, 0.1) is 4.92 Å². The Morgan fingerprint density at radius 2 is 2.35 bits per heavy atom. The standard InChI is InChI=1S/C13H16N2O5/c1-2-14-6-5-9(8-14)11-7-10(15(18)19)3-4-12(11)20-13(16)17/h3-4,7,9H,2,5-6,8H2,1H3,(H,16,17). The minimum Gasteiger partial charge on any atom is -0.449 e. The number of rotatable bonds is 4. The van der Waals surface area contributed by atoms with E-state index in [1.165, 1.54) is 18.2 Å². The highest BCUT2D eigenvalue weighted by atomic mass is 16.7. The van der Waals surface area contributed by atoms with Crippen molar-refractivity contribution in [2.24, 2.45) is 0 Å². The topological polar surface area (TPSA) is 92.9 Å². The molecule has 1 atom stereocenters.